The van der Waals surface area contributed by atoms with E-state index in [1.165, 1.54) is 13.2 Å². The molecular weight excluding hydrogens is 330 g/mol. The first-order valence-corrected chi connectivity index (χ1v) is 6.34. The molecule has 0 spiro atoms. The van der Waals surface area contributed by atoms with Gasteiger partial charge in [-0.15, -0.1) is 0 Å². The number of halogens is 3. The lowest BCUT2D eigenvalue weighted by atomic mass is 10.1. The Balaban J connectivity index is 2.44. The van der Waals surface area contributed by atoms with Gasteiger partial charge in [0.2, 0.25) is 0 Å². The molecule has 0 bridgehead atoms. The Morgan fingerprint density at radius 3 is 2.55 bits per heavy atom. The third-order valence-corrected chi connectivity index (χ3v) is 3.23. The number of nitrogens with zero attached hydrogens (tertiary/aromatic N) is 1. The van der Waals surface area contributed by atoms with Crippen LogP contribution in [-0.4, -0.2) is 7.11 Å². The van der Waals surface area contributed by atoms with E-state index in [0.29, 0.717) is 17.0 Å². The van der Waals surface area contributed by atoms with E-state index in [1.807, 2.05) is 6.07 Å². The van der Waals surface area contributed by atoms with Crippen LogP contribution in [0.2, 0.25) is 0 Å². The molecule has 2 aromatic carbocycles. The van der Waals surface area contributed by atoms with Crippen molar-refractivity contribution in [2.24, 2.45) is 0 Å². The largest absolute Gasteiger partial charge is 0.497 e. The quantitative estimate of drug-likeness (QED) is 0.846. The van der Waals surface area contributed by atoms with E-state index < -0.39 is 11.6 Å². The molecule has 0 aliphatic heterocycles. The van der Waals surface area contributed by atoms with Gasteiger partial charge in [0.1, 0.15) is 23.5 Å². The summed E-state index contributed by atoms with van der Waals surface area (Å²) in [6.07, 6.45) is 0. The van der Waals surface area contributed by atoms with Crippen molar-refractivity contribution in [2.75, 3.05) is 12.4 Å². The van der Waals surface area contributed by atoms with E-state index in [9.17, 15) is 8.78 Å². The molecule has 102 valence electrons. The fraction of sp³-hybridized carbons (Fsp3) is 0.0714. The van der Waals surface area contributed by atoms with E-state index >= 15 is 0 Å². The summed E-state index contributed by atoms with van der Waals surface area (Å²) in [7, 11) is 1.49. The fourth-order valence-electron chi connectivity index (χ4n) is 1.61. The summed E-state index contributed by atoms with van der Waals surface area (Å²) in [5.41, 5.74) is 0.762. The molecule has 1 N–H and O–H groups in total. The number of rotatable bonds is 3. The predicted molar refractivity (Wildman–Crippen MR) is 75.0 cm³/mol. The Bertz CT molecular complexity index is 698. The van der Waals surface area contributed by atoms with Crippen molar-refractivity contribution in [1.29, 1.82) is 5.26 Å². The first-order chi connectivity index (χ1) is 9.55. The van der Waals surface area contributed by atoms with Crippen LogP contribution < -0.4 is 10.1 Å². The highest BCUT2D eigenvalue weighted by Crippen LogP contribution is 2.29. The predicted octanol–water partition coefficient (Wildman–Crippen LogP) is 4.35. The van der Waals surface area contributed by atoms with Crippen LogP contribution in [0.1, 0.15) is 5.56 Å². The molecule has 2 rings (SSSR count). The average molecular weight is 339 g/mol. The van der Waals surface area contributed by atoms with Gasteiger partial charge >= 0.3 is 0 Å². The maximum atomic E-state index is 13.7. The highest BCUT2D eigenvalue weighted by atomic mass is 79.9. The molecule has 0 fully saturated rings. The van der Waals surface area contributed by atoms with Gasteiger partial charge in [-0.3, -0.25) is 0 Å². The van der Waals surface area contributed by atoms with Gasteiger partial charge in [0.05, 0.1) is 28.5 Å². The minimum absolute atomic E-state index is 0.0584. The highest BCUT2D eigenvalue weighted by molar-refractivity contribution is 9.10. The summed E-state index contributed by atoms with van der Waals surface area (Å²) in [5.74, 6) is -0.926. The van der Waals surface area contributed by atoms with Gasteiger partial charge in [0.15, 0.2) is 0 Å². The second kappa shape index (κ2) is 5.88. The Morgan fingerprint density at radius 2 is 1.90 bits per heavy atom. The second-order valence-corrected chi connectivity index (χ2v) is 4.75. The zero-order valence-electron chi connectivity index (χ0n) is 10.4. The third-order valence-electron chi connectivity index (χ3n) is 2.63. The van der Waals surface area contributed by atoms with E-state index in [4.69, 9.17) is 10.00 Å². The van der Waals surface area contributed by atoms with Crippen molar-refractivity contribution in [2.45, 2.75) is 0 Å². The number of nitrogens with one attached hydrogen (secondary N) is 1. The molecule has 0 aliphatic rings. The molecule has 0 unspecified atom stereocenters. The molecule has 0 amide bonds. The summed E-state index contributed by atoms with van der Waals surface area (Å²) in [6, 6.07) is 8.76. The molecule has 0 atom stereocenters. The van der Waals surface area contributed by atoms with Crippen molar-refractivity contribution in [3.8, 4) is 11.8 Å². The van der Waals surface area contributed by atoms with Gasteiger partial charge in [0, 0.05) is 12.1 Å². The van der Waals surface area contributed by atoms with Gasteiger partial charge < -0.3 is 10.1 Å². The van der Waals surface area contributed by atoms with Gasteiger partial charge in [-0.25, -0.2) is 8.78 Å². The fourth-order valence-corrected chi connectivity index (χ4v) is 1.96. The number of hydrogen-bond donors (Lipinski definition) is 1. The summed E-state index contributed by atoms with van der Waals surface area (Å²) >= 11 is 2.99. The van der Waals surface area contributed by atoms with Crippen LogP contribution in [0.3, 0.4) is 0 Å². The normalized spacial score (nSPS) is 9.95. The molecule has 0 saturated heterocycles. The Kier molecular flexibility index (Phi) is 4.20. The first-order valence-electron chi connectivity index (χ1n) is 5.55. The molecule has 3 nitrogen and oxygen atoms in total. The topological polar surface area (TPSA) is 45.0 Å². The number of nitriles is 1. The van der Waals surface area contributed by atoms with Crippen LogP contribution in [0.5, 0.6) is 5.75 Å². The van der Waals surface area contributed by atoms with Gasteiger partial charge in [-0.2, -0.15) is 5.26 Å². The van der Waals surface area contributed by atoms with Gasteiger partial charge in [-0.05, 0) is 34.1 Å². The molecular formula is C14H9BrF2N2O. The smallest absolute Gasteiger partial charge is 0.149 e. The maximum Gasteiger partial charge on any atom is 0.149 e. The van der Waals surface area contributed by atoms with Crippen LogP contribution in [0.4, 0.5) is 20.2 Å². The van der Waals surface area contributed by atoms with E-state index in [1.54, 1.807) is 18.2 Å². The Labute approximate surface area is 122 Å². The van der Waals surface area contributed by atoms with Crippen molar-refractivity contribution in [3.63, 3.8) is 0 Å². The molecule has 20 heavy (non-hydrogen) atoms. The lowest BCUT2D eigenvalue weighted by molar-refractivity contribution is 0.415. The van der Waals surface area contributed by atoms with Crippen molar-refractivity contribution >= 4 is 27.3 Å². The lowest BCUT2D eigenvalue weighted by Crippen LogP contribution is -1.98. The van der Waals surface area contributed by atoms with Crippen LogP contribution in [0.25, 0.3) is 0 Å². The maximum absolute atomic E-state index is 13.7. The Hall–Kier alpha value is -2.13. The SMILES string of the molecule is COc1ccc(C#N)c(Nc2cc(Br)c(F)cc2F)c1. The van der Waals surface area contributed by atoms with Gasteiger partial charge in [-0.1, -0.05) is 0 Å². The third kappa shape index (κ3) is 2.89. The minimum atomic E-state index is -0.752. The summed E-state index contributed by atoms with van der Waals surface area (Å²) in [4.78, 5) is 0. The molecule has 6 heteroatoms. The average Bonchev–Trinajstić information content (AvgIpc) is 2.44. The molecule has 0 aliphatic carbocycles. The summed E-state index contributed by atoms with van der Waals surface area (Å²) < 4.78 is 32.1. The van der Waals surface area contributed by atoms with Crippen molar-refractivity contribution in [3.05, 3.63) is 52.0 Å². The standard InChI is InChI=1S/C14H9BrF2N2O/c1-20-9-3-2-8(7-18)13(4-9)19-14-5-10(15)11(16)6-12(14)17/h2-6,19H,1H3. The van der Waals surface area contributed by atoms with Crippen LogP contribution >= 0.6 is 15.9 Å². The summed E-state index contributed by atoms with van der Waals surface area (Å²) in [5, 5.41) is 11.8. The van der Waals surface area contributed by atoms with Crippen LogP contribution in [0.15, 0.2) is 34.8 Å². The van der Waals surface area contributed by atoms with E-state index in [0.717, 1.165) is 6.07 Å². The van der Waals surface area contributed by atoms with E-state index in [2.05, 4.69) is 21.2 Å². The van der Waals surface area contributed by atoms with Crippen molar-refractivity contribution in [1.82, 2.24) is 0 Å². The minimum Gasteiger partial charge on any atom is -0.497 e. The molecule has 2 aromatic rings. The monoisotopic (exact) mass is 338 g/mol. The molecule has 0 heterocycles. The van der Waals surface area contributed by atoms with Crippen LogP contribution in [0, 0.1) is 23.0 Å². The number of benzene rings is 2. The summed E-state index contributed by atoms with van der Waals surface area (Å²) in [6.45, 7) is 0. The number of methoxy groups -OCH3 is 1. The van der Waals surface area contributed by atoms with Crippen LogP contribution in [-0.2, 0) is 0 Å². The van der Waals surface area contributed by atoms with Gasteiger partial charge in [0.25, 0.3) is 0 Å². The van der Waals surface area contributed by atoms with Crippen molar-refractivity contribution < 1.29 is 13.5 Å². The van der Waals surface area contributed by atoms with E-state index in [-0.39, 0.29) is 10.2 Å². The zero-order valence-corrected chi connectivity index (χ0v) is 12.0. The molecule has 0 radical (unpaired) electrons. The second-order valence-electron chi connectivity index (χ2n) is 3.89. The first kappa shape index (κ1) is 14.3. The highest BCUT2D eigenvalue weighted by Gasteiger charge is 2.11. The zero-order chi connectivity index (χ0) is 14.7. The molecule has 0 saturated carbocycles. The number of hydrogen-bond acceptors (Lipinski definition) is 3. The lowest BCUT2D eigenvalue weighted by Gasteiger charge is -2.11. The Morgan fingerprint density at radius 1 is 1.15 bits per heavy atom. The number of ether oxygens (including phenoxy) is 1. The molecule has 0 aromatic heterocycles. The number of anilines is 2.